The molecule has 1 saturated heterocycles. The van der Waals surface area contributed by atoms with Gasteiger partial charge in [-0.25, -0.2) is 0 Å². The molecule has 10 nitrogen and oxygen atoms in total. The second kappa shape index (κ2) is 12.5. The molecular weight excluding hydrogens is 578 g/mol. The molecule has 1 unspecified atom stereocenters. The number of amides is 1. The molecule has 1 aromatic heterocycles. The normalized spacial score (nSPS) is 16.0. The van der Waals surface area contributed by atoms with Crippen LogP contribution in [0.4, 0.5) is 5.13 Å². The molecule has 1 atom stereocenters. The highest BCUT2D eigenvalue weighted by Crippen LogP contribution is 2.48. The molecule has 1 aliphatic rings. The van der Waals surface area contributed by atoms with Gasteiger partial charge in [-0.15, -0.1) is 10.2 Å². The van der Waals surface area contributed by atoms with Gasteiger partial charge in [-0.2, -0.15) is 0 Å². The lowest BCUT2D eigenvalue weighted by molar-refractivity contribution is -0.132. The van der Waals surface area contributed by atoms with Crippen LogP contribution in [0.25, 0.3) is 5.76 Å². The van der Waals surface area contributed by atoms with E-state index in [9.17, 15) is 14.7 Å². The lowest BCUT2D eigenvalue weighted by Gasteiger charge is -2.24. The fourth-order valence-electron chi connectivity index (χ4n) is 4.59. The predicted molar refractivity (Wildman–Crippen MR) is 160 cm³/mol. The van der Waals surface area contributed by atoms with Crippen LogP contribution in [-0.2, 0) is 15.3 Å². The summed E-state index contributed by atoms with van der Waals surface area (Å²) in [6.45, 7) is 0. The Kier molecular flexibility index (Phi) is 8.64. The van der Waals surface area contributed by atoms with E-state index in [-0.39, 0.29) is 16.5 Å². The van der Waals surface area contributed by atoms with Gasteiger partial charge in [0.15, 0.2) is 15.8 Å². The number of nitrogens with zero attached hydrogens (tertiary/aromatic N) is 3. The number of ether oxygens (including phenoxy) is 4. The molecule has 0 aliphatic carbocycles. The van der Waals surface area contributed by atoms with Crippen LogP contribution in [0.2, 0.25) is 0 Å². The fraction of sp³-hybridized carbons (Fsp3) is 0.200. The van der Waals surface area contributed by atoms with Crippen LogP contribution in [-0.4, -0.2) is 55.4 Å². The number of aliphatic hydroxyl groups is 1. The van der Waals surface area contributed by atoms with Crippen molar-refractivity contribution in [2.45, 2.75) is 16.1 Å². The van der Waals surface area contributed by atoms with E-state index in [4.69, 9.17) is 18.9 Å². The van der Waals surface area contributed by atoms with Gasteiger partial charge in [-0.3, -0.25) is 14.5 Å². The Morgan fingerprint density at radius 3 is 2.17 bits per heavy atom. The predicted octanol–water partition coefficient (Wildman–Crippen LogP) is 5.49. The largest absolute Gasteiger partial charge is 0.507 e. The average molecular weight is 606 g/mol. The van der Waals surface area contributed by atoms with Crippen molar-refractivity contribution in [2.24, 2.45) is 0 Å². The number of ketones is 1. The molecular formula is C30H27N3O7S2. The van der Waals surface area contributed by atoms with E-state index < -0.39 is 17.7 Å². The van der Waals surface area contributed by atoms with Crippen LogP contribution in [0, 0.1) is 0 Å². The van der Waals surface area contributed by atoms with Crippen LogP contribution in [0.3, 0.4) is 0 Å². The Hall–Kier alpha value is -4.55. The lowest BCUT2D eigenvalue weighted by Crippen LogP contribution is -2.29. The highest BCUT2D eigenvalue weighted by molar-refractivity contribution is 8.00. The molecule has 0 bridgehead atoms. The average Bonchev–Trinajstić information content (AvgIpc) is 3.61. The highest BCUT2D eigenvalue weighted by atomic mass is 32.2. The standard InChI is InChI=1S/C30H27N3O7S2/c1-37-20-12-10-18(11-13-20)25(34)23-24(19-14-21(38-2)27(40-4)22(15-19)39-3)33(28(36)26(23)35)29-31-32-30(42-29)41-16-17-8-6-5-7-9-17/h5-15,24,34H,16H2,1-4H3/b25-23-. The van der Waals surface area contributed by atoms with Crippen LogP contribution in [0.5, 0.6) is 23.0 Å². The topological polar surface area (TPSA) is 120 Å². The number of aromatic nitrogens is 2. The summed E-state index contributed by atoms with van der Waals surface area (Å²) in [6.07, 6.45) is 0. The number of Topliss-reactive ketones (excluding diaryl/α,β-unsaturated/α-hetero) is 1. The number of carbonyl (C=O) groups is 2. The van der Waals surface area contributed by atoms with Crippen molar-refractivity contribution in [3.8, 4) is 23.0 Å². The molecule has 0 radical (unpaired) electrons. The zero-order chi connectivity index (χ0) is 29.8. The lowest BCUT2D eigenvalue weighted by atomic mass is 9.94. The number of hydrogen-bond acceptors (Lipinski definition) is 11. The van der Waals surface area contributed by atoms with Crippen LogP contribution >= 0.6 is 23.1 Å². The molecule has 42 heavy (non-hydrogen) atoms. The molecule has 0 spiro atoms. The van der Waals surface area contributed by atoms with E-state index in [1.54, 1.807) is 36.4 Å². The monoisotopic (exact) mass is 605 g/mol. The summed E-state index contributed by atoms with van der Waals surface area (Å²) in [7, 11) is 5.94. The SMILES string of the molecule is COc1ccc(/C(O)=C2/C(=O)C(=O)N(c3nnc(SCc4ccccc4)s3)C2c2cc(OC)c(OC)c(OC)c2)cc1. The molecule has 216 valence electrons. The summed E-state index contributed by atoms with van der Waals surface area (Å²) in [5.41, 5.74) is 1.76. The number of benzene rings is 3. The van der Waals surface area contributed by atoms with Gasteiger partial charge < -0.3 is 24.1 Å². The Bertz CT molecular complexity index is 1610. The Morgan fingerprint density at radius 1 is 0.905 bits per heavy atom. The fourth-order valence-corrected chi connectivity index (χ4v) is 6.41. The summed E-state index contributed by atoms with van der Waals surface area (Å²) in [4.78, 5) is 28.5. The third-order valence-corrected chi connectivity index (χ3v) is 8.74. The number of methoxy groups -OCH3 is 4. The number of thioether (sulfide) groups is 1. The van der Waals surface area contributed by atoms with Gasteiger partial charge in [0.2, 0.25) is 10.9 Å². The molecule has 1 amide bonds. The third kappa shape index (κ3) is 5.50. The van der Waals surface area contributed by atoms with E-state index in [0.29, 0.717) is 44.2 Å². The smallest absolute Gasteiger partial charge is 0.301 e. The molecule has 3 aromatic carbocycles. The van der Waals surface area contributed by atoms with Gasteiger partial charge in [-0.1, -0.05) is 53.4 Å². The van der Waals surface area contributed by atoms with Crippen LogP contribution in [0.1, 0.15) is 22.7 Å². The minimum absolute atomic E-state index is 0.117. The van der Waals surface area contributed by atoms with Gasteiger partial charge in [0.1, 0.15) is 11.5 Å². The summed E-state index contributed by atoms with van der Waals surface area (Å²) in [5, 5.41) is 20.2. The summed E-state index contributed by atoms with van der Waals surface area (Å²) < 4.78 is 22.4. The Labute approximate surface area is 250 Å². The van der Waals surface area contributed by atoms with E-state index in [1.165, 1.54) is 56.4 Å². The summed E-state index contributed by atoms with van der Waals surface area (Å²) in [5.74, 6) is 0.142. The quantitative estimate of drug-likeness (QED) is 0.0817. The van der Waals surface area contributed by atoms with Crippen molar-refractivity contribution in [3.63, 3.8) is 0 Å². The van der Waals surface area contributed by atoms with Crippen LogP contribution < -0.4 is 23.8 Å². The Balaban J connectivity index is 1.63. The van der Waals surface area contributed by atoms with Gasteiger partial charge in [0.25, 0.3) is 5.78 Å². The molecule has 0 saturated carbocycles. The second-order valence-corrected chi connectivity index (χ2v) is 11.2. The molecule has 5 rings (SSSR count). The van der Waals surface area contributed by atoms with Gasteiger partial charge in [0, 0.05) is 11.3 Å². The molecule has 1 N–H and O–H groups in total. The van der Waals surface area contributed by atoms with Crippen molar-refractivity contribution in [1.82, 2.24) is 10.2 Å². The molecule has 1 fully saturated rings. The van der Waals surface area contributed by atoms with Gasteiger partial charge in [-0.05, 0) is 47.5 Å². The number of aliphatic hydroxyl groups excluding tert-OH is 1. The third-order valence-electron chi connectivity index (χ3n) is 6.62. The minimum atomic E-state index is -1.07. The zero-order valence-electron chi connectivity index (χ0n) is 23.2. The van der Waals surface area contributed by atoms with E-state index in [0.717, 1.165) is 5.56 Å². The number of carbonyl (C=O) groups excluding carboxylic acids is 2. The van der Waals surface area contributed by atoms with Crippen molar-refractivity contribution in [3.05, 3.63) is 89.0 Å². The minimum Gasteiger partial charge on any atom is -0.507 e. The molecule has 2 heterocycles. The first-order valence-corrected chi connectivity index (χ1v) is 14.5. The summed E-state index contributed by atoms with van der Waals surface area (Å²) in [6, 6.07) is 18.6. The Morgan fingerprint density at radius 2 is 1.57 bits per heavy atom. The van der Waals surface area contributed by atoms with Crippen molar-refractivity contribution >= 4 is 45.7 Å². The van der Waals surface area contributed by atoms with Gasteiger partial charge in [0.05, 0.1) is 40.1 Å². The van der Waals surface area contributed by atoms with Gasteiger partial charge >= 0.3 is 5.91 Å². The number of hydrogen-bond donors (Lipinski definition) is 1. The van der Waals surface area contributed by atoms with E-state index >= 15 is 0 Å². The first-order valence-electron chi connectivity index (χ1n) is 12.7. The first-order chi connectivity index (χ1) is 20.4. The maximum atomic E-state index is 13.6. The highest BCUT2D eigenvalue weighted by Gasteiger charge is 2.49. The molecule has 1 aliphatic heterocycles. The number of anilines is 1. The van der Waals surface area contributed by atoms with Crippen LogP contribution in [0.15, 0.2) is 76.6 Å². The zero-order valence-corrected chi connectivity index (χ0v) is 24.8. The van der Waals surface area contributed by atoms with Crippen molar-refractivity contribution < 1.29 is 33.6 Å². The maximum Gasteiger partial charge on any atom is 0.301 e. The first kappa shape index (κ1) is 29.0. The van der Waals surface area contributed by atoms with E-state index in [1.807, 2.05) is 30.3 Å². The molecule has 12 heteroatoms. The van der Waals surface area contributed by atoms with Crippen molar-refractivity contribution in [2.75, 3.05) is 33.3 Å². The van der Waals surface area contributed by atoms with E-state index in [2.05, 4.69) is 10.2 Å². The van der Waals surface area contributed by atoms with Crippen molar-refractivity contribution in [1.29, 1.82) is 0 Å². The molecule has 4 aromatic rings. The second-order valence-electron chi connectivity index (χ2n) is 8.98. The summed E-state index contributed by atoms with van der Waals surface area (Å²) >= 11 is 2.65. The maximum absolute atomic E-state index is 13.6. The number of rotatable bonds is 10.